The highest BCUT2D eigenvalue weighted by atomic mass is 16.6. The Balaban J connectivity index is 2.22. The first-order chi connectivity index (χ1) is 5.36. The molecule has 0 amide bonds. The van der Waals surface area contributed by atoms with E-state index in [0.717, 1.165) is 0 Å². The van der Waals surface area contributed by atoms with Crippen molar-refractivity contribution in [1.29, 1.82) is 10.5 Å². The lowest BCUT2D eigenvalue weighted by molar-refractivity contribution is 0.134. The molecule has 0 spiro atoms. The number of hydrogen-bond donors (Lipinski definition) is 0. The second kappa shape index (κ2) is 3.58. The summed E-state index contributed by atoms with van der Waals surface area (Å²) in [5, 5.41) is 19.8. The van der Waals surface area contributed by atoms with Crippen molar-refractivity contribution in [3.63, 3.8) is 0 Å². The van der Waals surface area contributed by atoms with E-state index in [4.69, 9.17) is 15.4 Å². The largest absolute Gasteiger partial charge is 0.394 e. The average molecular weight is 149 g/mol. The molecule has 0 atom stereocenters. The van der Waals surface area contributed by atoms with Crippen LogP contribution in [0.1, 0.15) is 12.8 Å². The third-order valence-corrected chi connectivity index (χ3v) is 1.37. The van der Waals surface area contributed by atoms with Gasteiger partial charge in [-0.25, -0.2) is 0 Å². The fourth-order valence-electron chi connectivity index (χ4n) is 0.558. The molecule has 0 aliphatic heterocycles. The average Bonchev–Trinajstić information content (AvgIpc) is 2.82. The molecule has 0 aromatic rings. The van der Waals surface area contributed by atoms with Crippen molar-refractivity contribution in [3.05, 3.63) is 0 Å². The van der Waals surface area contributed by atoms with Gasteiger partial charge in [-0.15, -0.1) is 0 Å². The smallest absolute Gasteiger partial charge is 0.256 e. The summed E-state index contributed by atoms with van der Waals surface area (Å²) in [5.41, 5.74) is -0.217. The topological polar surface area (TPSA) is 69.2 Å². The van der Waals surface area contributed by atoms with E-state index in [2.05, 4.69) is 5.16 Å². The molecule has 0 N–H and O–H groups in total. The highest BCUT2D eigenvalue weighted by Crippen LogP contribution is 2.28. The fraction of sp³-hybridized carbons (Fsp3) is 0.571. The van der Waals surface area contributed by atoms with E-state index in [9.17, 15) is 0 Å². The highest BCUT2D eigenvalue weighted by Gasteiger charge is 2.21. The first-order valence-electron chi connectivity index (χ1n) is 3.37. The van der Waals surface area contributed by atoms with Gasteiger partial charge in [0.25, 0.3) is 5.71 Å². The molecular formula is C7H7N3O. The number of rotatable bonds is 3. The minimum absolute atomic E-state index is 0.217. The van der Waals surface area contributed by atoms with Gasteiger partial charge in [0, 0.05) is 0 Å². The monoisotopic (exact) mass is 149 g/mol. The van der Waals surface area contributed by atoms with Gasteiger partial charge in [-0.2, -0.15) is 10.5 Å². The zero-order valence-corrected chi connectivity index (χ0v) is 5.95. The van der Waals surface area contributed by atoms with Crippen molar-refractivity contribution < 1.29 is 4.84 Å². The summed E-state index contributed by atoms with van der Waals surface area (Å²) in [6.07, 6.45) is 2.34. The molecule has 1 saturated carbocycles. The fourth-order valence-corrected chi connectivity index (χ4v) is 0.558. The van der Waals surface area contributed by atoms with Crippen molar-refractivity contribution in [2.45, 2.75) is 12.8 Å². The molecule has 0 aromatic carbocycles. The molecule has 4 heteroatoms. The third kappa shape index (κ3) is 2.68. The van der Waals surface area contributed by atoms with Crippen LogP contribution in [0.4, 0.5) is 0 Å². The molecule has 56 valence electrons. The second-order valence-electron chi connectivity index (χ2n) is 2.40. The summed E-state index contributed by atoms with van der Waals surface area (Å²) >= 11 is 0. The molecule has 0 unspecified atom stereocenters. The SMILES string of the molecule is N#CC(C#N)=NOCC1CC1. The first kappa shape index (κ1) is 7.56. The van der Waals surface area contributed by atoms with Crippen LogP contribution in [-0.4, -0.2) is 12.3 Å². The Morgan fingerprint density at radius 2 is 2.09 bits per heavy atom. The van der Waals surface area contributed by atoms with Gasteiger partial charge in [-0.05, 0) is 18.8 Å². The normalized spacial score (nSPS) is 14.4. The molecule has 11 heavy (non-hydrogen) atoms. The van der Waals surface area contributed by atoms with Crippen molar-refractivity contribution >= 4 is 5.71 Å². The number of oxime groups is 1. The summed E-state index contributed by atoms with van der Waals surface area (Å²) < 4.78 is 0. The molecule has 0 saturated heterocycles. The Kier molecular flexibility index (Phi) is 2.46. The predicted octanol–water partition coefficient (Wildman–Crippen LogP) is 0.816. The van der Waals surface area contributed by atoms with Crippen LogP contribution in [0.2, 0.25) is 0 Å². The zero-order chi connectivity index (χ0) is 8.10. The maximum absolute atomic E-state index is 8.22. The van der Waals surface area contributed by atoms with Crippen LogP contribution in [0.5, 0.6) is 0 Å². The number of hydrogen-bond acceptors (Lipinski definition) is 4. The van der Waals surface area contributed by atoms with Gasteiger partial charge in [-0.3, -0.25) is 0 Å². The lowest BCUT2D eigenvalue weighted by Gasteiger charge is -1.92. The molecule has 0 bridgehead atoms. The second-order valence-corrected chi connectivity index (χ2v) is 2.40. The third-order valence-electron chi connectivity index (χ3n) is 1.37. The molecule has 0 radical (unpaired) electrons. The number of nitrogens with zero attached hydrogens (tertiary/aromatic N) is 3. The Morgan fingerprint density at radius 3 is 2.55 bits per heavy atom. The van der Waals surface area contributed by atoms with Crippen LogP contribution in [0.15, 0.2) is 5.16 Å². The standard InChI is InChI=1S/C7H7N3O/c8-3-7(4-9)10-11-5-6-1-2-6/h6H,1-2,5H2. The lowest BCUT2D eigenvalue weighted by atomic mass is 10.5. The molecule has 0 heterocycles. The van der Waals surface area contributed by atoms with E-state index < -0.39 is 0 Å². The van der Waals surface area contributed by atoms with Gasteiger partial charge >= 0.3 is 0 Å². The van der Waals surface area contributed by atoms with E-state index >= 15 is 0 Å². The molecule has 1 rings (SSSR count). The molecule has 1 fully saturated rings. The maximum Gasteiger partial charge on any atom is 0.256 e. The van der Waals surface area contributed by atoms with Gasteiger partial charge < -0.3 is 4.84 Å². The Labute approximate surface area is 64.7 Å². The van der Waals surface area contributed by atoms with Crippen molar-refractivity contribution in [2.24, 2.45) is 11.1 Å². The lowest BCUT2D eigenvalue weighted by Crippen LogP contribution is -1.94. The first-order valence-corrected chi connectivity index (χ1v) is 3.37. The minimum atomic E-state index is -0.217. The van der Waals surface area contributed by atoms with E-state index in [1.54, 1.807) is 12.1 Å². The predicted molar refractivity (Wildman–Crippen MR) is 37.3 cm³/mol. The van der Waals surface area contributed by atoms with Crippen LogP contribution >= 0.6 is 0 Å². The van der Waals surface area contributed by atoms with E-state index in [1.165, 1.54) is 12.8 Å². The van der Waals surface area contributed by atoms with Crippen LogP contribution in [0.25, 0.3) is 0 Å². The van der Waals surface area contributed by atoms with Crippen LogP contribution in [0.3, 0.4) is 0 Å². The van der Waals surface area contributed by atoms with Crippen LogP contribution in [-0.2, 0) is 4.84 Å². The van der Waals surface area contributed by atoms with Crippen LogP contribution in [0, 0.1) is 28.6 Å². The van der Waals surface area contributed by atoms with Gasteiger partial charge in [0.2, 0.25) is 0 Å². The van der Waals surface area contributed by atoms with Gasteiger partial charge in [0.05, 0.1) is 0 Å². The van der Waals surface area contributed by atoms with Gasteiger partial charge in [-0.1, -0.05) is 5.16 Å². The summed E-state index contributed by atoms with van der Waals surface area (Å²) in [6.45, 7) is 0.535. The Hall–Kier alpha value is -1.55. The highest BCUT2D eigenvalue weighted by molar-refractivity contribution is 6.09. The molecular weight excluding hydrogens is 142 g/mol. The van der Waals surface area contributed by atoms with E-state index in [0.29, 0.717) is 12.5 Å². The van der Waals surface area contributed by atoms with Crippen molar-refractivity contribution in [1.82, 2.24) is 0 Å². The van der Waals surface area contributed by atoms with Gasteiger partial charge in [0.15, 0.2) is 0 Å². The Morgan fingerprint density at radius 1 is 1.45 bits per heavy atom. The van der Waals surface area contributed by atoms with Crippen molar-refractivity contribution in [2.75, 3.05) is 6.61 Å². The van der Waals surface area contributed by atoms with Gasteiger partial charge in [0.1, 0.15) is 18.7 Å². The quantitative estimate of drug-likeness (QED) is 0.440. The van der Waals surface area contributed by atoms with E-state index in [-0.39, 0.29) is 5.71 Å². The van der Waals surface area contributed by atoms with Crippen molar-refractivity contribution in [3.8, 4) is 12.1 Å². The molecule has 4 nitrogen and oxygen atoms in total. The molecule has 1 aliphatic carbocycles. The summed E-state index contributed by atoms with van der Waals surface area (Å²) in [4.78, 5) is 4.74. The van der Waals surface area contributed by atoms with Crippen LogP contribution < -0.4 is 0 Å². The molecule has 0 aromatic heterocycles. The van der Waals surface area contributed by atoms with E-state index in [1.807, 2.05) is 0 Å². The minimum Gasteiger partial charge on any atom is -0.394 e. The molecule has 1 aliphatic rings. The summed E-state index contributed by atoms with van der Waals surface area (Å²) in [5.74, 6) is 0.595. The zero-order valence-electron chi connectivity index (χ0n) is 5.95. The maximum atomic E-state index is 8.22. The number of nitriles is 2. The Bertz CT molecular complexity index is 225. The summed E-state index contributed by atoms with van der Waals surface area (Å²) in [6, 6.07) is 3.22. The summed E-state index contributed by atoms with van der Waals surface area (Å²) in [7, 11) is 0.